The van der Waals surface area contributed by atoms with Crippen LogP contribution in [0.1, 0.15) is 29.4 Å². The van der Waals surface area contributed by atoms with E-state index in [1.165, 1.54) is 6.20 Å². The molecule has 3 aromatic rings. The molecule has 3 N–H and O–H groups in total. The van der Waals surface area contributed by atoms with Crippen molar-refractivity contribution in [2.45, 2.75) is 25.8 Å². The number of carboxylic acids is 1. The average Bonchev–Trinajstić information content (AvgIpc) is 3.34. The Kier molecular flexibility index (Phi) is 8.72. The summed E-state index contributed by atoms with van der Waals surface area (Å²) in [5.74, 6) is -1.37. The maximum absolute atomic E-state index is 12.6. The molecule has 3 rings (SSSR count). The molecule has 3 atom stereocenters. The number of rotatable bonds is 11. The van der Waals surface area contributed by atoms with Crippen LogP contribution in [-0.2, 0) is 15.7 Å². The van der Waals surface area contributed by atoms with Crippen LogP contribution in [0.3, 0.4) is 0 Å². The first-order valence-electron chi connectivity index (χ1n) is 9.94. The van der Waals surface area contributed by atoms with Crippen molar-refractivity contribution >= 4 is 40.4 Å². The SMILES string of the molecule is C[C@@](COPI)(C[C@@H](Cc1ccc(-c2ccccc2)cc1)NC(=O)c1c[nH]nn1)C(=O)O. The fourth-order valence-corrected chi connectivity index (χ4v) is 4.27. The Balaban J connectivity index is 1.79. The van der Waals surface area contributed by atoms with Crippen LogP contribution in [0.2, 0.25) is 0 Å². The standard InChI is InChI=1S/C22H24IN4O4P/c1-22(21(29)30,14-31-32-23)12-18(25-20(28)19-13-24-27-26-19)11-15-7-9-17(10-8-15)16-5-3-2-4-6-16/h2-10,13,18,32H,11-12,14H2,1H3,(H,25,28)(H,29,30)(H,24,26,27)/t18-,22+/m1/s1. The van der Waals surface area contributed by atoms with E-state index in [-0.39, 0.29) is 25.2 Å². The molecule has 1 heterocycles. The molecular formula is C22H24IN4O4P. The number of hydrogen-bond acceptors (Lipinski definition) is 5. The number of benzene rings is 2. The van der Waals surface area contributed by atoms with E-state index in [9.17, 15) is 14.7 Å². The quantitative estimate of drug-likeness (QED) is 0.236. The van der Waals surface area contributed by atoms with Crippen molar-refractivity contribution in [2.24, 2.45) is 5.41 Å². The van der Waals surface area contributed by atoms with Gasteiger partial charge in [-0.15, -0.1) is 5.10 Å². The molecule has 0 bridgehead atoms. The van der Waals surface area contributed by atoms with Gasteiger partial charge >= 0.3 is 5.97 Å². The zero-order chi connectivity index (χ0) is 23.0. The zero-order valence-electron chi connectivity index (χ0n) is 17.4. The first-order valence-corrected chi connectivity index (χ1v) is 14.0. The number of aliphatic carboxylic acids is 1. The van der Waals surface area contributed by atoms with E-state index in [4.69, 9.17) is 4.52 Å². The smallest absolute Gasteiger partial charge is 0.311 e. The molecule has 1 unspecified atom stereocenters. The topological polar surface area (TPSA) is 117 Å². The normalized spacial score (nSPS) is 14.2. The third-order valence-corrected chi connectivity index (χ3v) is 6.37. The van der Waals surface area contributed by atoms with Crippen LogP contribution < -0.4 is 5.32 Å². The monoisotopic (exact) mass is 566 g/mol. The molecule has 0 aliphatic carbocycles. The molecule has 0 saturated carbocycles. The summed E-state index contributed by atoms with van der Waals surface area (Å²) >= 11 is 2.06. The van der Waals surface area contributed by atoms with Crippen molar-refractivity contribution in [2.75, 3.05) is 6.61 Å². The van der Waals surface area contributed by atoms with Gasteiger partial charge in [-0.05, 0) is 58.5 Å². The maximum Gasteiger partial charge on any atom is 0.311 e. The molecule has 0 saturated heterocycles. The summed E-state index contributed by atoms with van der Waals surface area (Å²) in [6.07, 6.45) is 2.07. The molecule has 2 aromatic carbocycles. The minimum Gasteiger partial charge on any atom is -0.481 e. The zero-order valence-corrected chi connectivity index (χ0v) is 20.6. The lowest BCUT2D eigenvalue weighted by molar-refractivity contribution is -0.150. The first kappa shape index (κ1) is 24.3. The lowest BCUT2D eigenvalue weighted by Gasteiger charge is -2.29. The van der Waals surface area contributed by atoms with Gasteiger partial charge in [0.05, 0.1) is 24.7 Å². The molecule has 8 nitrogen and oxygen atoms in total. The van der Waals surface area contributed by atoms with Gasteiger partial charge in [0, 0.05) is 6.04 Å². The molecule has 32 heavy (non-hydrogen) atoms. The number of carbonyl (C=O) groups is 2. The van der Waals surface area contributed by atoms with Crippen molar-refractivity contribution < 1.29 is 19.2 Å². The van der Waals surface area contributed by atoms with Gasteiger partial charge in [0.15, 0.2) is 5.69 Å². The minimum absolute atomic E-state index is 0.0625. The van der Waals surface area contributed by atoms with E-state index in [0.29, 0.717) is 6.42 Å². The van der Waals surface area contributed by atoms with E-state index < -0.39 is 23.3 Å². The van der Waals surface area contributed by atoms with Gasteiger partial charge in [0.2, 0.25) is 0 Å². The Hall–Kier alpha value is -2.36. The van der Waals surface area contributed by atoms with Crippen LogP contribution in [0.15, 0.2) is 60.8 Å². The van der Waals surface area contributed by atoms with E-state index >= 15 is 0 Å². The predicted octanol–water partition coefficient (Wildman–Crippen LogP) is 4.25. The van der Waals surface area contributed by atoms with Gasteiger partial charge < -0.3 is 14.9 Å². The molecule has 1 aromatic heterocycles. The predicted molar refractivity (Wildman–Crippen MR) is 132 cm³/mol. The largest absolute Gasteiger partial charge is 0.481 e. The van der Waals surface area contributed by atoms with Crippen LogP contribution in [0.25, 0.3) is 11.1 Å². The Morgan fingerprint density at radius 1 is 1.19 bits per heavy atom. The van der Waals surface area contributed by atoms with Crippen LogP contribution >= 0.6 is 28.5 Å². The van der Waals surface area contributed by atoms with Crippen molar-refractivity contribution in [3.8, 4) is 11.1 Å². The number of halogens is 1. The fourth-order valence-electron chi connectivity index (χ4n) is 3.43. The number of carbonyl (C=O) groups excluding carboxylic acids is 1. The van der Waals surface area contributed by atoms with Gasteiger partial charge in [-0.25, -0.2) is 0 Å². The molecule has 0 spiro atoms. The molecule has 0 aliphatic heterocycles. The van der Waals surface area contributed by atoms with E-state index in [1.54, 1.807) is 6.92 Å². The number of amides is 1. The number of aromatic nitrogens is 3. The number of nitrogens with one attached hydrogen (secondary N) is 2. The molecule has 0 aliphatic rings. The lowest BCUT2D eigenvalue weighted by atomic mass is 9.82. The molecule has 1 amide bonds. The summed E-state index contributed by atoms with van der Waals surface area (Å²) in [6, 6.07) is 17.6. The lowest BCUT2D eigenvalue weighted by Crippen LogP contribution is -2.44. The van der Waals surface area contributed by atoms with E-state index in [0.717, 1.165) is 16.7 Å². The van der Waals surface area contributed by atoms with Gasteiger partial charge in [-0.2, -0.15) is 0 Å². The van der Waals surface area contributed by atoms with Crippen molar-refractivity contribution in [1.82, 2.24) is 20.7 Å². The molecule has 168 valence electrons. The second-order valence-corrected chi connectivity index (χ2v) is 9.50. The van der Waals surface area contributed by atoms with E-state index in [1.807, 2.05) is 54.6 Å². The van der Waals surface area contributed by atoms with Crippen LogP contribution in [0.4, 0.5) is 0 Å². The van der Waals surface area contributed by atoms with Crippen LogP contribution in [0, 0.1) is 5.41 Å². The summed E-state index contributed by atoms with van der Waals surface area (Å²) in [5, 5.41) is 22.6. The Bertz CT molecular complexity index is 1020. The third kappa shape index (κ3) is 6.57. The summed E-state index contributed by atoms with van der Waals surface area (Å²) < 4.78 is 5.45. The highest BCUT2D eigenvalue weighted by Crippen LogP contribution is 2.32. The summed E-state index contributed by atoms with van der Waals surface area (Å²) in [7, 11) is 0. The highest BCUT2D eigenvalue weighted by Gasteiger charge is 2.37. The molecule has 0 fully saturated rings. The highest BCUT2D eigenvalue weighted by atomic mass is 127. The summed E-state index contributed by atoms with van der Waals surface area (Å²) in [6.45, 7) is 1.85. The number of H-pyrrole nitrogens is 1. The van der Waals surface area contributed by atoms with Gasteiger partial charge in [-0.1, -0.05) is 59.8 Å². The van der Waals surface area contributed by atoms with Crippen molar-refractivity contribution in [1.29, 1.82) is 0 Å². The third-order valence-electron chi connectivity index (χ3n) is 5.19. The van der Waals surface area contributed by atoms with Gasteiger partial charge in [0.25, 0.3) is 5.91 Å². The number of carboxylic acid groups (broad SMARTS) is 1. The second kappa shape index (κ2) is 11.5. The summed E-state index contributed by atoms with van der Waals surface area (Å²) in [4.78, 5) is 24.6. The minimum atomic E-state index is -1.15. The van der Waals surface area contributed by atoms with Crippen LogP contribution in [0.5, 0.6) is 0 Å². The van der Waals surface area contributed by atoms with Gasteiger partial charge in [0.1, 0.15) is 0 Å². The number of hydrogen-bond donors (Lipinski definition) is 3. The molecule has 10 heteroatoms. The first-order chi connectivity index (χ1) is 15.4. The number of aromatic amines is 1. The molecule has 0 radical (unpaired) electrons. The van der Waals surface area contributed by atoms with Gasteiger partial charge in [-0.3, -0.25) is 14.7 Å². The van der Waals surface area contributed by atoms with Crippen molar-refractivity contribution in [3.05, 3.63) is 72.1 Å². The fraction of sp³-hybridized carbons (Fsp3) is 0.273. The number of nitrogens with zero attached hydrogens (tertiary/aromatic N) is 2. The summed E-state index contributed by atoms with van der Waals surface area (Å²) in [5.41, 5.74) is 2.19. The van der Waals surface area contributed by atoms with Crippen molar-refractivity contribution in [3.63, 3.8) is 0 Å². The Morgan fingerprint density at radius 3 is 2.47 bits per heavy atom. The maximum atomic E-state index is 12.6. The Morgan fingerprint density at radius 2 is 1.88 bits per heavy atom. The second-order valence-electron chi connectivity index (χ2n) is 7.73. The van der Waals surface area contributed by atoms with E-state index in [2.05, 4.69) is 42.8 Å². The highest BCUT2D eigenvalue weighted by molar-refractivity contribution is 14.2. The average molecular weight is 566 g/mol. The Labute approximate surface area is 200 Å². The molecular weight excluding hydrogens is 542 g/mol. The van der Waals surface area contributed by atoms with Crippen LogP contribution in [-0.4, -0.2) is 45.0 Å².